The quantitative estimate of drug-likeness (QED) is 0.854. The summed E-state index contributed by atoms with van der Waals surface area (Å²) in [5.74, 6) is 1.16. The van der Waals surface area contributed by atoms with Crippen molar-refractivity contribution in [3.05, 3.63) is 47.6 Å². The number of hydrogen-bond donors (Lipinski definition) is 2. The molecule has 1 heterocycles. The normalized spacial score (nSPS) is 16.0. The third-order valence-corrected chi connectivity index (χ3v) is 4.52. The minimum Gasteiger partial charge on any atom is -0.339 e. The Morgan fingerprint density at radius 1 is 1.25 bits per heavy atom. The van der Waals surface area contributed by atoms with Gasteiger partial charge in [-0.1, -0.05) is 48.3 Å². The van der Waals surface area contributed by atoms with Gasteiger partial charge in [0, 0.05) is 18.5 Å². The summed E-state index contributed by atoms with van der Waals surface area (Å²) < 4.78 is 5.05. The standard InChI is InChI=1S/C18H24N4O2/c1-14-20-16(24-22-14)9-12-19-17(23)21-18(10-5-6-11-18)13-15-7-3-2-4-8-15/h2-4,7-8H,5-6,9-13H2,1H3,(H2,19,21,23). The van der Waals surface area contributed by atoms with Gasteiger partial charge >= 0.3 is 6.03 Å². The van der Waals surface area contributed by atoms with Crippen LogP contribution in [0.1, 0.15) is 43.0 Å². The van der Waals surface area contributed by atoms with E-state index >= 15 is 0 Å². The minimum absolute atomic E-state index is 0.121. The summed E-state index contributed by atoms with van der Waals surface area (Å²) in [5, 5.41) is 9.86. The minimum atomic E-state index is -0.132. The van der Waals surface area contributed by atoms with Gasteiger partial charge < -0.3 is 15.2 Å². The number of benzene rings is 1. The summed E-state index contributed by atoms with van der Waals surface area (Å²) in [6.07, 6.45) is 5.79. The van der Waals surface area contributed by atoms with E-state index in [4.69, 9.17) is 4.52 Å². The molecular formula is C18H24N4O2. The number of carbonyl (C=O) groups is 1. The fourth-order valence-corrected chi connectivity index (χ4v) is 3.39. The van der Waals surface area contributed by atoms with Crippen LogP contribution in [0.25, 0.3) is 0 Å². The van der Waals surface area contributed by atoms with Crippen molar-refractivity contribution in [3.63, 3.8) is 0 Å². The zero-order valence-electron chi connectivity index (χ0n) is 14.0. The molecule has 1 aliphatic rings. The Morgan fingerprint density at radius 3 is 2.67 bits per heavy atom. The Kier molecular flexibility index (Phi) is 5.13. The molecule has 0 atom stereocenters. The van der Waals surface area contributed by atoms with E-state index in [-0.39, 0.29) is 11.6 Å². The highest BCUT2D eigenvalue weighted by atomic mass is 16.5. The lowest BCUT2D eigenvalue weighted by Crippen LogP contribution is -2.52. The number of aromatic nitrogens is 2. The van der Waals surface area contributed by atoms with E-state index < -0.39 is 0 Å². The molecule has 3 rings (SSSR count). The number of rotatable bonds is 6. The third-order valence-electron chi connectivity index (χ3n) is 4.52. The lowest BCUT2D eigenvalue weighted by Gasteiger charge is -2.30. The number of hydrogen-bond acceptors (Lipinski definition) is 4. The van der Waals surface area contributed by atoms with E-state index in [1.165, 1.54) is 5.56 Å². The predicted octanol–water partition coefficient (Wildman–Crippen LogP) is 2.78. The van der Waals surface area contributed by atoms with Crippen molar-refractivity contribution in [2.24, 2.45) is 0 Å². The summed E-state index contributed by atoms with van der Waals surface area (Å²) in [6.45, 7) is 2.26. The van der Waals surface area contributed by atoms with Crippen LogP contribution < -0.4 is 10.6 Å². The number of nitrogens with one attached hydrogen (secondary N) is 2. The van der Waals surface area contributed by atoms with Crippen LogP contribution in [0.2, 0.25) is 0 Å². The van der Waals surface area contributed by atoms with Crippen LogP contribution >= 0.6 is 0 Å². The van der Waals surface area contributed by atoms with E-state index in [1.807, 2.05) is 18.2 Å². The fourth-order valence-electron chi connectivity index (χ4n) is 3.39. The van der Waals surface area contributed by atoms with E-state index in [1.54, 1.807) is 6.92 Å². The van der Waals surface area contributed by atoms with Crippen LogP contribution in [0, 0.1) is 6.92 Å². The van der Waals surface area contributed by atoms with Crippen LogP contribution in [0.4, 0.5) is 4.79 Å². The molecule has 0 aliphatic heterocycles. The Hall–Kier alpha value is -2.37. The Balaban J connectivity index is 1.52. The number of nitrogens with zero attached hydrogens (tertiary/aromatic N) is 2. The molecule has 2 aromatic rings. The Morgan fingerprint density at radius 2 is 2.00 bits per heavy atom. The topological polar surface area (TPSA) is 80.0 Å². The molecule has 2 amide bonds. The number of urea groups is 1. The Bertz CT molecular complexity index is 663. The fraction of sp³-hybridized carbons (Fsp3) is 0.500. The third kappa shape index (κ3) is 4.34. The molecule has 2 N–H and O–H groups in total. The van der Waals surface area contributed by atoms with Crippen molar-refractivity contribution in [2.75, 3.05) is 6.54 Å². The van der Waals surface area contributed by atoms with Gasteiger partial charge in [-0.25, -0.2) is 4.79 Å². The maximum absolute atomic E-state index is 12.3. The average molecular weight is 328 g/mol. The van der Waals surface area contributed by atoms with Gasteiger partial charge in [-0.05, 0) is 31.7 Å². The highest BCUT2D eigenvalue weighted by molar-refractivity contribution is 5.74. The van der Waals surface area contributed by atoms with Crippen LogP contribution in [-0.2, 0) is 12.8 Å². The van der Waals surface area contributed by atoms with Crippen molar-refractivity contribution in [3.8, 4) is 0 Å². The number of amides is 2. The molecule has 1 aromatic heterocycles. The maximum Gasteiger partial charge on any atom is 0.315 e. The second kappa shape index (κ2) is 7.47. The van der Waals surface area contributed by atoms with Gasteiger partial charge in [-0.3, -0.25) is 0 Å². The largest absolute Gasteiger partial charge is 0.339 e. The number of carbonyl (C=O) groups excluding carboxylic acids is 1. The second-order valence-electron chi connectivity index (χ2n) is 6.52. The summed E-state index contributed by atoms with van der Waals surface area (Å²) in [6, 6.07) is 10.2. The van der Waals surface area contributed by atoms with Crippen molar-refractivity contribution >= 4 is 6.03 Å². The number of aryl methyl sites for hydroxylation is 1. The molecule has 24 heavy (non-hydrogen) atoms. The van der Waals surface area contributed by atoms with Gasteiger partial charge in [0.2, 0.25) is 5.89 Å². The molecule has 1 saturated carbocycles. The zero-order valence-corrected chi connectivity index (χ0v) is 14.0. The van der Waals surface area contributed by atoms with E-state index in [0.29, 0.717) is 24.7 Å². The first kappa shape index (κ1) is 16.5. The smallest absolute Gasteiger partial charge is 0.315 e. The van der Waals surface area contributed by atoms with Gasteiger partial charge in [-0.15, -0.1) is 0 Å². The van der Waals surface area contributed by atoms with E-state index in [0.717, 1.165) is 32.1 Å². The van der Waals surface area contributed by atoms with Crippen LogP contribution in [0.15, 0.2) is 34.9 Å². The van der Waals surface area contributed by atoms with E-state index in [2.05, 4.69) is 32.9 Å². The zero-order chi connectivity index (χ0) is 16.8. The summed E-state index contributed by atoms with van der Waals surface area (Å²) in [7, 11) is 0. The van der Waals surface area contributed by atoms with Gasteiger partial charge in [0.05, 0.1) is 0 Å². The summed E-state index contributed by atoms with van der Waals surface area (Å²) in [4.78, 5) is 16.4. The van der Waals surface area contributed by atoms with Crippen molar-refractivity contribution < 1.29 is 9.32 Å². The van der Waals surface area contributed by atoms with Gasteiger partial charge in [0.1, 0.15) is 0 Å². The maximum atomic E-state index is 12.3. The molecule has 128 valence electrons. The van der Waals surface area contributed by atoms with Crippen molar-refractivity contribution in [1.82, 2.24) is 20.8 Å². The van der Waals surface area contributed by atoms with Crippen LogP contribution in [0.3, 0.4) is 0 Å². The van der Waals surface area contributed by atoms with E-state index in [9.17, 15) is 4.79 Å². The molecule has 0 radical (unpaired) electrons. The van der Waals surface area contributed by atoms with Crippen LogP contribution in [-0.4, -0.2) is 28.3 Å². The monoisotopic (exact) mass is 328 g/mol. The van der Waals surface area contributed by atoms with Crippen molar-refractivity contribution in [1.29, 1.82) is 0 Å². The second-order valence-corrected chi connectivity index (χ2v) is 6.52. The lowest BCUT2D eigenvalue weighted by molar-refractivity contribution is 0.223. The summed E-state index contributed by atoms with van der Waals surface area (Å²) >= 11 is 0. The molecular weight excluding hydrogens is 304 g/mol. The molecule has 0 saturated heterocycles. The molecule has 1 aliphatic carbocycles. The summed E-state index contributed by atoms with van der Waals surface area (Å²) in [5.41, 5.74) is 1.13. The van der Waals surface area contributed by atoms with Gasteiger partial charge in [0.25, 0.3) is 0 Å². The van der Waals surface area contributed by atoms with Crippen molar-refractivity contribution in [2.45, 2.75) is 51.0 Å². The average Bonchev–Trinajstić information content (AvgIpc) is 3.18. The highest BCUT2D eigenvalue weighted by Gasteiger charge is 2.35. The highest BCUT2D eigenvalue weighted by Crippen LogP contribution is 2.32. The molecule has 1 aromatic carbocycles. The Labute approximate surface area is 142 Å². The van der Waals surface area contributed by atoms with Gasteiger partial charge in [0.15, 0.2) is 5.82 Å². The molecule has 0 spiro atoms. The first-order valence-electron chi connectivity index (χ1n) is 8.54. The van der Waals surface area contributed by atoms with Crippen LogP contribution in [0.5, 0.6) is 0 Å². The molecule has 6 heteroatoms. The molecule has 0 bridgehead atoms. The molecule has 1 fully saturated rings. The first-order valence-corrected chi connectivity index (χ1v) is 8.54. The van der Waals surface area contributed by atoms with Gasteiger partial charge in [-0.2, -0.15) is 4.98 Å². The predicted molar refractivity (Wildman–Crippen MR) is 90.6 cm³/mol. The SMILES string of the molecule is Cc1noc(CCNC(=O)NC2(Cc3ccccc3)CCCC2)n1. The molecule has 0 unspecified atom stereocenters. The lowest BCUT2D eigenvalue weighted by atomic mass is 9.89. The molecule has 6 nitrogen and oxygen atoms in total. The first-order chi connectivity index (χ1) is 11.7.